The minimum Gasteiger partial charge on any atom is -0.462 e. The maximum Gasteiger partial charge on any atom is 0.323 e. The van der Waals surface area contributed by atoms with Crippen LogP contribution in [-0.4, -0.2) is 57.4 Å². The smallest absolute Gasteiger partial charge is 0.323 e. The van der Waals surface area contributed by atoms with Gasteiger partial charge >= 0.3 is 12.6 Å². The second-order valence-corrected chi connectivity index (χ2v) is 13.7. The first kappa shape index (κ1) is 30.1. The van der Waals surface area contributed by atoms with Gasteiger partial charge in [0.1, 0.15) is 18.0 Å². The number of esters is 1. The van der Waals surface area contributed by atoms with Crippen molar-refractivity contribution in [2.75, 3.05) is 24.7 Å². The molecule has 0 aliphatic carbocycles. The molecule has 42 heavy (non-hydrogen) atoms. The van der Waals surface area contributed by atoms with E-state index in [-0.39, 0.29) is 36.9 Å². The summed E-state index contributed by atoms with van der Waals surface area (Å²) in [7, 11) is 1.75. The average Bonchev–Trinajstić information content (AvgIpc) is 3.53. The summed E-state index contributed by atoms with van der Waals surface area (Å²) in [4.78, 5) is 25.8. The molecule has 2 aromatic heterocycles. The normalized spacial score (nSPS) is 21.0. The van der Waals surface area contributed by atoms with Crippen molar-refractivity contribution in [1.29, 1.82) is 0 Å². The average molecular weight is 614 g/mol. The summed E-state index contributed by atoms with van der Waals surface area (Å²) in [5, 5.41) is 8.02. The third kappa shape index (κ3) is 6.50. The fraction of sp³-hybridized carbons (Fsp3) is 0.429. The number of carbonyl (C=O) groups excluding carboxylic acids is 1. The molecule has 0 amide bonds. The van der Waals surface area contributed by atoms with E-state index in [0.717, 1.165) is 10.8 Å². The molecular weight excluding hydrogens is 577 g/mol. The van der Waals surface area contributed by atoms with Gasteiger partial charge in [0, 0.05) is 18.4 Å². The van der Waals surface area contributed by atoms with Crippen LogP contribution in [0.4, 0.5) is 11.8 Å². The quantitative estimate of drug-likeness (QED) is 0.158. The lowest BCUT2D eigenvalue weighted by molar-refractivity contribution is -0.149. The Labute approximate surface area is 249 Å². The number of hydrogen-bond acceptors (Lipinski definition) is 11. The summed E-state index contributed by atoms with van der Waals surface area (Å²) >= 11 is 5.97. The summed E-state index contributed by atoms with van der Waals surface area (Å²) in [6.45, 7) is 4.24. The van der Waals surface area contributed by atoms with E-state index in [1.165, 1.54) is 0 Å². The molecule has 2 aromatic carbocycles. The fourth-order valence-corrected chi connectivity index (χ4v) is 7.40. The predicted octanol–water partition coefficient (Wildman–Crippen LogP) is 4.78. The Balaban J connectivity index is 1.36. The number of nitrogens with one attached hydrogen (secondary N) is 2. The van der Waals surface area contributed by atoms with Gasteiger partial charge in [-0.3, -0.25) is 9.36 Å². The molecule has 5 rings (SSSR count). The van der Waals surface area contributed by atoms with Crippen LogP contribution in [0.1, 0.15) is 40.3 Å². The lowest BCUT2D eigenvalue weighted by atomic mass is 10.1. The van der Waals surface area contributed by atoms with Crippen molar-refractivity contribution in [3.05, 3.63) is 48.8 Å². The van der Waals surface area contributed by atoms with Crippen molar-refractivity contribution in [2.45, 2.75) is 58.6 Å². The minimum atomic E-state index is -3.27. The molecule has 1 aliphatic heterocycles. The van der Waals surface area contributed by atoms with E-state index in [1.54, 1.807) is 34.1 Å². The third-order valence-corrected chi connectivity index (χ3v) is 9.34. The number of imidazole rings is 1. The Hall–Kier alpha value is -3.35. The van der Waals surface area contributed by atoms with Crippen molar-refractivity contribution in [2.24, 2.45) is 5.92 Å². The first-order valence-electron chi connectivity index (χ1n) is 13.8. The van der Waals surface area contributed by atoms with E-state index in [4.69, 9.17) is 36.1 Å². The fourth-order valence-electron chi connectivity index (χ4n) is 4.96. The van der Waals surface area contributed by atoms with Gasteiger partial charge in [0.2, 0.25) is 5.95 Å². The first-order valence-corrected chi connectivity index (χ1v) is 16.4. The highest BCUT2D eigenvalue weighted by molar-refractivity contribution is 8.09. The number of nitrogens with zero attached hydrogens (tertiary/aromatic N) is 4. The van der Waals surface area contributed by atoms with E-state index >= 15 is 0 Å². The number of nitrogen functional groups attached to an aromatic ring is 1. The molecular formula is C28H36N7O5PS. The standard InChI is InChI=1S/C28H36N7O5PS/c1-16(2)38-27(36)18(4)34-41(42,40-22-12-8-10-19-9-6-7-11-21(19)22)37-14-20-13-17(3)26(39-20)35-15-31-23-24(30-5)32-28(29)33-25(23)35/h6-12,15-18,20,26H,13-14H2,1-5H3,(H,34,42)(H3,29,30,32,33)/t17-,18+,20-,26+,41-/m0/s1. The zero-order valence-electron chi connectivity index (χ0n) is 24.2. The first-order chi connectivity index (χ1) is 20.1. The number of nitrogens with two attached hydrogens (primary N) is 1. The number of rotatable bonds is 11. The monoisotopic (exact) mass is 613 g/mol. The molecule has 1 aliphatic rings. The zero-order valence-corrected chi connectivity index (χ0v) is 25.9. The van der Waals surface area contributed by atoms with Crippen LogP contribution in [0.2, 0.25) is 0 Å². The number of ether oxygens (including phenoxy) is 2. The molecule has 0 bridgehead atoms. The Morgan fingerprint density at radius 3 is 2.74 bits per heavy atom. The molecule has 4 aromatic rings. The molecule has 224 valence electrons. The molecule has 1 saturated heterocycles. The van der Waals surface area contributed by atoms with Gasteiger partial charge in [0.05, 0.1) is 25.1 Å². The number of aromatic nitrogens is 4. The number of anilines is 2. The Bertz CT molecular complexity index is 1630. The highest BCUT2D eigenvalue weighted by Gasteiger charge is 2.37. The Morgan fingerprint density at radius 2 is 1.98 bits per heavy atom. The molecule has 14 heteroatoms. The van der Waals surface area contributed by atoms with E-state index in [9.17, 15) is 4.79 Å². The molecule has 0 saturated carbocycles. The Morgan fingerprint density at radius 1 is 1.21 bits per heavy atom. The molecule has 0 spiro atoms. The van der Waals surface area contributed by atoms with Gasteiger partial charge in [-0.15, -0.1) is 0 Å². The van der Waals surface area contributed by atoms with Crippen LogP contribution in [0.5, 0.6) is 5.75 Å². The van der Waals surface area contributed by atoms with Crippen LogP contribution >= 0.6 is 6.64 Å². The van der Waals surface area contributed by atoms with Crippen LogP contribution < -0.4 is 20.7 Å². The van der Waals surface area contributed by atoms with Crippen molar-refractivity contribution in [3.8, 4) is 5.75 Å². The molecule has 4 N–H and O–H groups in total. The number of hydrogen-bond donors (Lipinski definition) is 3. The minimum absolute atomic E-state index is 0.106. The van der Waals surface area contributed by atoms with E-state index in [2.05, 4.69) is 32.3 Å². The largest absolute Gasteiger partial charge is 0.462 e. The highest BCUT2D eigenvalue weighted by Crippen LogP contribution is 2.48. The van der Waals surface area contributed by atoms with Gasteiger partial charge in [-0.1, -0.05) is 43.3 Å². The maximum atomic E-state index is 12.7. The van der Waals surface area contributed by atoms with Crippen LogP contribution in [0, 0.1) is 5.92 Å². The molecule has 1 fully saturated rings. The molecule has 0 radical (unpaired) electrons. The van der Waals surface area contributed by atoms with Gasteiger partial charge < -0.3 is 29.6 Å². The third-order valence-electron chi connectivity index (χ3n) is 6.86. The van der Waals surface area contributed by atoms with Gasteiger partial charge in [0.25, 0.3) is 0 Å². The van der Waals surface area contributed by atoms with Crippen LogP contribution in [0.25, 0.3) is 21.9 Å². The van der Waals surface area contributed by atoms with Crippen LogP contribution in [0.15, 0.2) is 48.8 Å². The van der Waals surface area contributed by atoms with Gasteiger partial charge in [-0.05, 0) is 50.5 Å². The van der Waals surface area contributed by atoms with Crippen LogP contribution in [-0.2, 0) is 30.6 Å². The van der Waals surface area contributed by atoms with E-state index < -0.39 is 18.7 Å². The summed E-state index contributed by atoms with van der Waals surface area (Å²) in [6.07, 6.45) is 1.45. The van der Waals surface area contributed by atoms with Gasteiger partial charge in [-0.2, -0.15) is 9.97 Å². The second-order valence-electron chi connectivity index (χ2n) is 10.6. The summed E-state index contributed by atoms with van der Waals surface area (Å²) in [5.41, 5.74) is 7.13. The number of fused-ring (bicyclic) bond motifs is 2. The molecule has 12 nitrogen and oxygen atoms in total. The lowest BCUT2D eigenvalue weighted by Crippen LogP contribution is -2.36. The van der Waals surface area contributed by atoms with Gasteiger partial charge in [0.15, 0.2) is 17.0 Å². The topological polar surface area (TPSA) is 148 Å². The zero-order chi connectivity index (χ0) is 30.0. The van der Waals surface area contributed by atoms with Crippen molar-refractivity contribution in [3.63, 3.8) is 0 Å². The molecule has 5 atom stereocenters. The highest BCUT2D eigenvalue weighted by atomic mass is 32.5. The van der Waals surface area contributed by atoms with Crippen molar-refractivity contribution in [1.82, 2.24) is 24.6 Å². The van der Waals surface area contributed by atoms with Crippen molar-refractivity contribution < 1.29 is 23.3 Å². The van der Waals surface area contributed by atoms with E-state index in [0.29, 0.717) is 29.2 Å². The van der Waals surface area contributed by atoms with E-state index in [1.807, 2.05) is 47.0 Å². The Kier molecular flexibility index (Phi) is 8.95. The SMILES string of the molecule is CNc1nc(N)nc2c1ncn2[C@@H]1O[C@H](CO[P@@](=S)(N[C@H](C)C(=O)OC(C)C)Oc2cccc3ccccc23)C[C@@H]1C. The molecule has 0 unspecified atom stereocenters. The van der Waals surface area contributed by atoms with Crippen molar-refractivity contribution >= 4 is 58.1 Å². The van der Waals surface area contributed by atoms with Gasteiger partial charge in [-0.25, -0.2) is 10.1 Å². The van der Waals surface area contributed by atoms with Crippen LogP contribution in [0.3, 0.4) is 0 Å². The summed E-state index contributed by atoms with van der Waals surface area (Å²) in [6, 6.07) is 12.8. The second kappa shape index (κ2) is 12.5. The summed E-state index contributed by atoms with van der Waals surface area (Å²) < 4.78 is 26.4. The summed E-state index contributed by atoms with van der Waals surface area (Å²) in [5.74, 6) is 0.916. The lowest BCUT2D eigenvalue weighted by Gasteiger charge is -2.28. The number of benzene rings is 2. The molecule has 3 heterocycles. The maximum absolute atomic E-state index is 12.7. The number of carbonyl (C=O) groups is 1. The predicted molar refractivity (Wildman–Crippen MR) is 166 cm³/mol.